The molecule has 2 heterocycles. The van der Waals surface area contributed by atoms with Gasteiger partial charge in [0.25, 0.3) is 10.0 Å². The zero-order chi connectivity index (χ0) is 24.1. The Hall–Kier alpha value is -2.90. The van der Waals surface area contributed by atoms with E-state index in [9.17, 15) is 26.0 Å². The summed E-state index contributed by atoms with van der Waals surface area (Å²) in [5.41, 5.74) is 1.19. The summed E-state index contributed by atoms with van der Waals surface area (Å²) < 4.78 is 73.2. The smallest absolute Gasteiger partial charge is 0.475 e. The minimum atomic E-state index is -5.08. The Labute approximate surface area is 186 Å². The van der Waals surface area contributed by atoms with Crippen LogP contribution < -0.4 is 5.32 Å². The normalized spacial score (nSPS) is 11.6. The van der Waals surface area contributed by atoms with Crippen LogP contribution in [0.25, 0.3) is 11.3 Å². The fourth-order valence-corrected chi connectivity index (χ4v) is 4.20. The van der Waals surface area contributed by atoms with Crippen molar-refractivity contribution in [3.63, 3.8) is 0 Å². The molecule has 3 aromatic rings. The van der Waals surface area contributed by atoms with E-state index in [1.807, 2.05) is 0 Å². The van der Waals surface area contributed by atoms with Crippen molar-refractivity contribution in [1.82, 2.24) is 14.3 Å². The van der Waals surface area contributed by atoms with Gasteiger partial charge in [0.15, 0.2) is 0 Å². The number of nitrogens with zero attached hydrogens (tertiary/aromatic N) is 2. The van der Waals surface area contributed by atoms with Crippen LogP contribution in [0.3, 0.4) is 0 Å². The lowest BCUT2D eigenvalue weighted by atomic mass is 10.1. The number of carboxylic acids is 1. The third kappa shape index (κ3) is 6.08. The van der Waals surface area contributed by atoms with Gasteiger partial charge in [0.05, 0.1) is 5.69 Å². The Morgan fingerprint density at radius 3 is 2.38 bits per heavy atom. The predicted molar refractivity (Wildman–Crippen MR) is 110 cm³/mol. The number of halogens is 4. The molecule has 0 radical (unpaired) electrons. The first-order valence-electron chi connectivity index (χ1n) is 8.68. The van der Waals surface area contributed by atoms with E-state index in [-0.39, 0.29) is 16.2 Å². The second-order valence-corrected chi connectivity index (χ2v) is 8.56. The van der Waals surface area contributed by atoms with Crippen LogP contribution in [-0.4, -0.2) is 41.7 Å². The second-order valence-electron chi connectivity index (χ2n) is 6.23. The number of aliphatic carboxylic acids is 1. The summed E-state index contributed by atoms with van der Waals surface area (Å²) in [5.74, 6) is -3.25. The molecule has 0 atom stereocenters. The van der Waals surface area contributed by atoms with Gasteiger partial charge in [-0.3, -0.25) is 4.98 Å². The van der Waals surface area contributed by atoms with E-state index in [1.165, 1.54) is 30.7 Å². The van der Waals surface area contributed by atoms with Crippen LogP contribution in [0.4, 0.5) is 17.6 Å². The number of hydrogen-bond acceptors (Lipinski definition) is 6. The Balaban J connectivity index is 0.000000451. The summed E-state index contributed by atoms with van der Waals surface area (Å²) >= 11 is 4.14. The number of alkyl halides is 3. The van der Waals surface area contributed by atoms with Gasteiger partial charge in [-0.15, -0.1) is 12.6 Å². The number of benzene rings is 1. The zero-order valence-corrected chi connectivity index (χ0v) is 18.0. The van der Waals surface area contributed by atoms with E-state index in [0.717, 1.165) is 9.54 Å². The molecule has 2 aromatic heterocycles. The highest BCUT2D eigenvalue weighted by molar-refractivity contribution is 7.90. The van der Waals surface area contributed by atoms with Crippen molar-refractivity contribution >= 4 is 28.6 Å². The Morgan fingerprint density at radius 1 is 1.22 bits per heavy atom. The molecule has 2 N–H and O–H groups in total. The van der Waals surface area contributed by atoms with Crippen molar-refractivity contribution in [2.24, 2.45) is 0 Å². The van der Waals surface area contributed by atoms with Gasteiger partial charge >= 0.3 is 12.1 Å². The number of nitrogens with one attached hydrogen (secondary N) is 1. The maximum Gasteiger partial charge on any atom is 0.490 e. The third-order valence-electron chi connectivity index (χ3n) is 3.87. The number of aromatic nitrogens is 2. The SMILES string of the molecule is CNCc1cc(-c2ccccc2F)n(S(=O)(=O)c2cncc(S)c2)c1.O=C(O)C(F)(F)F. The topological polar surface area (TPSA) is 101 Å². The zero-order valence-electron chi connectivity index (χ0n) is 16.3. The van der Waals surface area contributed by atoms with Gasteiger partial charge in [0, 0.05) is 35.6 Å². The predicted octanol–water partition coefficient (Wildman–Crippen LogP) is 3.57. The minimum Gasteiger partial charge on any atom is -0.475 e. The molecule has 0 aliphatic heterocycles. The molecule has 32 heavy (non-hydrogen) atoms. The number of hydrogen-bond donors (Lipinski definition) is 3. The van der Waals surface area contributed by atoms with Gasteiger partial charge in [-0.25, -0.2) is 21.6 Å². The number of rotatable bonds is 5. The third-order valence-corrected chi connectivity index (χ3v) is 5.75. The summed E-state index contributed by atoms with van der Waals surface area (Å²) in [6, 6.07) is 9.14. The van der Waals surface area contributed by atoms with E-state index in [2.05, 4.69) is 22.9 Å². The second kappa shape index (κ2) is 10.1. The van der Waals surface area contributed by atoms with E-state index in [4.69, 9.17) is 9.90 Å². The molecular formula is C19H17F4N3O4S2. The van der Waals surface area contributed by atoms with Crippen LogP contribution in [0.5, 0.6) is 0 Å². The summed E-state index contributed by atoms with van der Waals surface area (Å²) in [4.78, 5) is 13.2. The van der Waals surface area contributed by atoms with Crippen LogP contribution in [0.15, 0.2) is 64.8 Å². The highest BCUT2D eigenvalue weighted by Crippen LogP contribution is 2.29. The average Bonchev–Trinajstić information content (AvgIpc) is 3.13. The molecule has 0 fully saturated rings. The van der Waals surface area contributed by atoms with Crippen molar-refractivity contribution < 1.29 is 35.9 Å². The monoisotopic (exact) mass is 491 g/mol. The molecule has 0 saturated heterocycles. The number of carbonyl (C=O) groups is 1. The number of carboxylic acid groups (broad SMARTS) is 1. The Kier molecular flexibility index (Phi) is 8.04. The molecule has 0 amide bonds. The Bertz CT molecular complexity index is 1210. The summed E-state index contributed by atoms with van der Waals surface area (Å²) in [6.45, 7) is 0.453. The van der Waals surface area contributed by atoms with Gasteiger partial charge in [-0.2, -0.15) is 13.2 Å². The molecule has 0 bridgehead atoms. The van der Waals surface area contributed by atoms with Crippen molar-refractivity contribution in [2.75, 3.05) is 7.05 Å². The van der Waals surface area contributed by atoms with Crippen LogP contribution >= 0.6 is 12.6 Å². The average molecular weight is 491 g/mol. The van der Waals surface area contributed by atoms with E-state index < -0.39 is 28.0 Å². The maximum atomic E-state index is 14.3. The molecular weight excluding hydrogens is 474 g/mol. The molecule has 0 unspecified atom stereocenters. The first kappa shape index (κ1) is 25.4. The summed E-state index contributed by atoms with van der Waals surface area (Å²) in [6.07, 6.45) is -0.904. The molecule has 7 nitrogen and oxygen atoms in total. The summed E-state index contributed by atoms with van der Waals surface area (Å²) in [7, 11) is -2.19. The van der Waals surface area contributed by atoms with Gasteiger partial charge in [-0.05, 0) is 36.9 Å². The first-order valence-corrected chi connectivity index (χ1v) is 10.6. The van der Waals surface area contributed by atoms with Crippen LogP contribution in [-0.2, 0) is 21.4 Å². The van der Waals surface area contributed by atoms with Crippen LogP contribution in [0.1, 0.15) is 5.56 Å². The van der Waals surface area contributed by atoms with Crippen molar-refractivity contribution in [3.05, 3.63) is 66.4 Å². The minimum absolute atomic E-state index is 0.0100. The highest BCUT2D eigenvalue weighted by Gasteiger charge is 2.38. The largest absolute Gasteiger partial charge is 0.490 e. The lowest BCUT2D eigenvalue weighted by molar-refractivity contribution is -0.192. The maximum absolute atomic E-state index is 14.3. The van der Waals surface area contributed by atoms with E-state index >= 15 is 0 Å². The lowest BCUT2D eigenvalue weighted by Crippen LogP contribution is -2.21. The molecule has 0 aliphatic rings. The molecule has 0 aliphatic carbocycles. The van der Waals surface area contributed by atoms with Gasteiger partial charge in [0.2, 0.25) is 0 Å². The molecule has 3 rings (SSSR count). The van der Waals surface area contributed by atoms with Gasteiger partial charge < -0.3 is 10.4 Å². The van der Waals surface area contributed by atoms with E-state index in [0.29, 0.717) is 11.4 Å². The number of pyridine rings is 1. The molecule has 0 saturated carbocycles. The molecule has 172 valence electrons. The molecule has 1 aromatic carbocycles. The standard InChI is InChI=1S/C17H16FN3O2S2.C2HF3O2/c1-19-8-12-6-17(15-4-2-3-5-16(15)18)21(11-12)25(22,23)14-7-13(24)9-20-10-14;3-2(4,5)1(6)7/h2-7,9-11,19,24H,8H2,1H3;(H,6,7). The lowest BCUT2D eigenvalue weighted by Gasteiger charge is -2.11. The van der Waals surface area contributed by atoms with Crippen molar-refractivity contribution in [1.29, 1.82) is 0 Å². The number of thiol groups is 1. The van der Waals surface area contributed by atoms with E-state index in [1.54, 1.807) is 31.3 Å². The van der Waals surface area contributed by atoms with Crippen LogP contribution in [0, 0.1) is 5.82 Å². The highest BCUT2D eigenvalue weighted by atomic mass is 32.2. The quantitative estimate of drug-likeness (QED) is 0.373. The fraction of sp³-hybridized carbons (Fsp3) is 0.158. The summed E-state index contributed by atoms with van der Waals surface area (Å²) in [5, 5.41) is 10.1. The fourth-order valence-electron chi connectivity index (χ4n) is 2.52. The van der Waals surface area contributed by atoms with Gasteiger partial charge in [-0.1, -0.05) is 12.1 Å². The van der Waals surface area contributed by atoms with Crippen molar-refractivity contribution in [3.8, 4) is 11.3 Å². The molecule has 13 heteroatoms. The Morgan fingerprint density at radius 2 is 1.84 bits per heavy atom. The first-order chi connectivity index (χ1) is 14.9. The molecule has 0 spiro atoms. The van der Waals surface area contributed by atoms with Gasteiger partial charge in [0.1, 0.15) is 10.7 Å². The van der Waals surface area contributed by atoms with Crippen LogP contribution in [0.2, 0.25) is 0 Å². The van der Waals surface area contributed by atoms with Crippen molar-refractivity contribution in [2.45, 2.75) is 22.5 Å².